The van der Waals surface area contributed by atoms with Crippen molar-refractivity contribution in [1.29, 1.82) is 0 Å². The minimum Gasteiger partial charge on any atom is -0.497 e. The lowest BCUT2D eigenvalue weighted by Gasteiger charge is -2.12. The predicted octanol–water partition coefficient (Wildman–Crippen LogP) is 4.95. The summed E-state index contributed by atoms with van der Waals surface area (Å²) in [4.78, 5) is 0. The number of aromatic nitrogens is 5. The molecule has 2 heterocycles. The topological polar surface area (TPSA) is 78.9 Å². The van der Waals surface area contributed by atoms with Gasteiger partial charge in [-0.05, 0) is 42.3 Å². The summed E-state index contributed by atoms with van der Waals surface area (Å²) in [5.74, 6) is 3.71. The summed E-state index contributed by atoms with van der Waals surface area (Å²) in [6.07, 6.45) is 0. The van der Waals surface area contributed by atoms with Gasteiger partial charge in [0.05, 0.1) is 12.9 Å². The fraction of sp³-hybridized carbons (Fsp3) is 0.273. The Labute approximate surface area is 179 Å². The number of methoxy groups -OCH3 is 1. The van der Waals surface area contributed by atoms with Crippen LogP contribution in [0.5, 0.6) is 5.75 Å². The number of thioether (sulfide) groups is 1. The van der Waals surface area contributed by atoms with Crippen LogP contribution >= 0.6 is 11.8 Å². The van der Waals surface area contributed by atoms with Gasteiger partial charge in [0.1, 0.15) is 5.75 Å². The molecule has 0 aliphatic carbocycles. The molecule has 0 spiro atoms. The van der Waals surface area contributed by atoms with Crippen LogP contribution in [-0.4, -0.2) is 32.1 Å². The van der Waals surface area contributed by atoms with Crippen LogP contribution < -0.4 is 4.74 Å². The summed E-state index contributed by atoms with van der Waals surface area (Å²) in [6.45, 7) is 5.17. The third kappa shape index (κ3) is 4.54. The van der Waals surface area contributed by atoms with Gasteiger partial charge < -0.3 is 13.7 Å². The first-order chi connectivity index (χ1) is 14.6. The highest BCUT2D eigenvalue weighted by atomic mass is 32.2. The lowest BCUT2D eigenvalue weighted by molar-refractivity contribution is 0.415. The Balaban J connectivity index is 1.54. The molecule has 2 aromatic heterocycles. The second-order valence-corrected chi connectivity index (χ2v) is 8.14. The first-order valence-corrected chi connectivity index (χ1v) is 10.7. The predicted molar refractivity (Wildman–Crippen MR) is 116 cm³/mol. The Morgan fingerprint density at radius 2 is 1.70 bits per heavy atom. The average Bonchev–Trinajstić information content (AvgIpc) is 3.40. The molecule has 0 N–H and O–H groups in total. The molecule has 0 bridgehead atoms. The Hall–Kier alpha value is -3.13. The molecule has 0 aliphatic heterocycles. The second-order valence-electron chi connectivity index (χ2n) is 7.19. The zero-order valence-electron chi connectivity index (χ0n) is 17.1. The van der Waals surface area contributed by atoms with Crippen LogP contribution in [0.4, 0.5) is 0 Å². The van der Waals surface area contributed by atoms with E-state index in [2.05, 4.69) is 38.8 Å². The van der Waals surface area contributed by atoms with E-state index in [1.165, 1.54) is 0 Å². The van der Waals surface area contributed by atoms with E-state index < -0.39 is 0 Å². The van der Waals surface area contributed by atoms with E-state index in [1.807, 2.05) is 54.6 Å². The molecule has 4 aromatic rings. The van der Waals surface area contributed by atoms with Crippen molar-refractivity contribution in [2.24, 2.45) is 5.92 Å². The van der Waals surface area contributed by atoms with Crippen LogP contribution in [-0.2, 0) is 12.3 Å². The zero-order valence-corrected chi connectivity index (χ0v) is 18.0. The van der Waals surface area contributed by atoms with Crippen molar-refractivity contribution in [2.45, 2.75) is 31.3 Å². The molecule has 0 saturated carbocycles. The number of rotatable bonds is 8. The third-order valence-electron chi connectivity index (χ3n) is 4.43. The Morgan fingerprint density at radius 3 is 2.40 bits per heavy atom. The summed E-state index contributed by atoms with van der Waals surface area (Å²) in [7, 11) is 1.66. The molecule has 0 amide bonds. The molecule has 0 fully saturated rings. The molecule has 0 atom stereocenters. The molecule has 0 radical (unpaired) electrons. The van der Waals surface area contributed by atoms with Gasteiger partial charge in [0.15, 0.2) is 11.0 Å². The van der Waals surface area contributed by atoms with Crippen LogP contribution in [0.2, 0.25) is 0 Å². The fourth-order valence-corrected chi connectivity index (χ4v) is 3.80. The molecular weight excluding hydrogens is 398 g/mol. The van der Waals surface area contributed by atoms with Crippen molar-refractivity contribution in [3.05, 3.63) is 60.5 Å². The summed E-state index contributed by atoms with van der Waals surface area (Å²) >= 11 is 1.54. The summed E-state index contributed by atoms with van der Waals surface area (Å²) < 4.78 is 13.2. The van der Waals surface area contributed by atoms with Crippen molar-refractivity contribution in [1.82, 2.24) is 25.0 Å². The molecule has 2 aromatic carbocycles. The standard InChI is InChI=1S/C22H23N5O2S/c1-15(2)13-27-20(16-9-11-18(28-3)12-10-16)24-26-22(27)30-14-19-23-25-21(29-19)17-7-5-4-6-8-17/h4-12,15H,13-14H2,1-3H3. The number of benzene rings is 2. The van der Waals surface area contributed by atoms with Gasteiger partial charge in [0.25, 0.3) is 0 Å². The lowest BCUT2D eigenvalue weighted by Crippen LogP contribution is -2.08. The number of hydrogen-bond acceptors (Lipinski definition) is 7. The number of nitrogens with zero attached hydrogens (tertiary/aromatic N) is 5. The second kappa shape index (κ2) is 9.13. The third-order valence-corrected chi connectivity index (χ3v) is 5.38. The van der Waals surface area contributed by atoms with E-state index in [0.29, 0.717) is 23.5 Å². The summed E-state index contributed by atoms with van der Waals surface area (Å²) in [5, 5.41) is 18.0. The van der Waals surface area contributed by atoms with Gasteiger partial charge in [-0.15, -0.1) is 20.4 Å². The maximum absolute atomic E-state index is 5.81. The van der Waals surface area contributed by atoms with E-state index in [9.17, 15) is 0 Å². The van der Waals surface area contributed by atoms with Gasteiger partial charge >= 0.3 is 0 Å². The first-order valence-electron chi connectivity index (χ1n) is 9.72. The highest BCUT2D eigenvalue weighted by molar-refractivity contribution is 7.98. The number of ether oxygens (including phenoxy) is 1. The maximum atomic E-state index is 5.81. The monoisotopic (exact) mass is 421 g/mol. The van der Waals surface area contributed by atoms with Crippen LogP contribution in [0.25, 0.3) is 22.8 Å². The number of hydrogen-bond donors (Lipinski definition) is 0. The largest absolute Gasteiger partial charge is 0.497 e. The Morgan fingerprint density at radius 1 is 0.933 bits per heavy atom. The van der Waals surface area contributed by atoms with Gasteiger partial charge in [-0.2, -0.15) is 0 Å². The summed E-state index contributed by atoms with van der Waals surface area (Å²) in [5.41, 5.74) is 1.91. The van der Waals surface area contributed by atoms with Crippen LogP contribution in [0.15, 0.2) is 64.2 Å². The van der Waals surface area contributed by atoms with Gasteiger partial charge in [0, 0.05) is 17.7 Å². The van der Waals surface area contributed by atoms with Crippen molar-refractivity contribution in [3.63, 3.8) is 0 Å². The van der Waals surface area contributed by atoms with E-state index in [4.69, 9.17) is 9.15 Å². The van der Waals surface area contributed by atoms with E-state index in [1.54, 1.807) is 18.9 Å². The van der Waals surface area contributed by atoms with Gasteiger partial charge in [-0.1, -0.05) is 43.8 Å². The van der Waals surface area contributed by atoms with Crippen molar-refractivity contribution in [2.75, 3.05) is 7.11 Å². The van der Waals surface area contributed by atoms with Crippen molar-refractivity contribution >= 4 is 11.8 Å². The minimum atomic E-state index is 0.449. The maximum Gasteiger partial charge on any atom is 0.247 e. The summed E-state index contributed by atoms with van der Waals surface area (Å²) in [6, 6.07) is 17.6. The van der Waals surface area contributed by atoms with Crippen LogP contribution in [0.3, 0.4) is 0 Å². The molecule has 4 rings (SSSR count). The van der Waals surface area contributed by atoms with Crippen molar-refractivity contribution < 1.29 is 9.15 Å². The SMILES string of the molecule is COc1ccc(-c2nnc(SCc3nnc(-c4ccccc4)o3)n2CC(C)C)cc1. The fourth-order valence-electron chi connectivity index (χ4n) is 3.01. The van der Waals surface area contributed by atoms with Crippen LogP contribution in [0.1, 0.15) is 19.7 Å². The molecular formula is C22H23N5O2S. The quantitative estimate of drug-likeness (QED) is 0.372. The molecule has 0 unspecified atom stereocenters. The highest BCUT2D eigenvalue weighted by Crippen LogP contribution is 2.29. The van der Waals surface area contributed by atoms with Crippen molar-refractivity contribution in [3.8, 4) is 28.6 Å². The smallest absolute Gasteiger partial charge is 0.247 e. The normalized spacial score (nSPS) is 11.2. The van der Waals surface area contributed by atoms with Gasteiger partial charge in [-0.25, -0.2) is 0 Å². The molecule has 8 heteroatoms. The zero-order chi connectivity index (χ0) is 20.9. The molecule has 0 aliphatic rings. The first kappa shape index (κ1) is 20.2. The van der Waals surface area contributed by atoms with E-state index in [-0.39, 0.29) is 0 Å². The van der Waals surface area contributed by atoms with Gasteiger partial charge in [0.2, 0.25) is 11.8 Å². The molecule has 0 saturated heterocycles. The average molecular weight is 422 g/mol. The molecule has 30 heavy (non-hydrogen) atoms. The van der Waals surface area contributed by atoms with E-state index in [0.717, 1.165) is 34.4 Å². The van der Waals surface area contributed by atoms with Gasteiger partial charge in [-0.3, -0.25) is 0 Å². The highest BCUT2D eigenvalue weighted by Gasteiger charge is 2.17. The molecule has 154 valence electrons. The molecule has 7 nitrogen and oxygen atoms in total. The Bertz CT molecular complexity index is 1090. The van der Waals surface area contributed by atoms with E-state index >= 15 is 0 Å². The van der Waals surface area contributed by atoms with Crippen LogP contribution in [0, 0.1) is 5.92 Å². The Kier molecular flexibility index (Phi) is 6.13. The minimum absolute atomic E-state index is 0.449. The lowest BCUT2D eigenvalue weighted by atomic mass is 10.2.